The first-order valence-electron chi connectivity index (χ1n) is 8.84. The first kappa shape index (κ1) is 20.3. The summed E-state index contributed by atoms with van der Waals surface area (Å²) in [6, 6.07) is 15.3. The minimum Gasteiger partial charge on any atom is -0.508 e. The number of fused-ring (bicyclic) bond motifs is 1. The molecule has 0 aliphatic carbocycles. The molecule has 140 valence electrons. The average molecular weight is 375 g/mol. The van der Waals surface area contributed by atoms with Crippen molar-refractivity contribution in [1.29, 1.82) is 0 Å². The molecule has 1 aliphatic heterocycles. The molecule has 0 radical (unpaired) electrons. The number of hydrogen-bond donors (Lipinski definition) is 1. The average Bonchev–Trinajstić information content (AvgIpc) is 2.59. The first-order valence-corrected chi connectivity index (χ1v) is 8.84. The second kappa shape index (κ2) is 9.06. The largest absolute Gasteiger partial charge is 0.508 e. The van der Waals surface area contributed by atoms with Gasteiger partial charge in [-0.1, -0.05) is 30.3 Å². The number of benzene rings is 2. The lowest BCUT2D eigenvalue weighted by Crippen LogP contribution is -2.43. The van der Waals surface area contributed by atoms with E-state index < -0.39 is 0 Å². The number of phenols is 1. The van der Waals surface area contributed by atoms with Gasteiger partial charge in [0.15, 0.2) is 0 Å². The number of para-hydroxylation sites is 1. The van der Waals surface area contributed by atoms with Gasteiger partial charge < -0.3 is 14.9 Å². The predicted octanol–water partition coefficient (Wildman–Crippen LogP) is 3.51. The maximum Gasteiger partial charge on any atom is 0.227 e. The smallest absolute Gasteiger partial charge is 0.227 e. The third kappa shape index (κ3) is 4.99. The van der Waals surface area contributed by atoms with Gasteiger partial charge in [0, 0.05) is 25.2 Å². The third-order valence-electron chi connectivity index (χ3n) is 4.72. The highest BCUT2D eigenvalue weighted by atomic mass is 35.5. The molecule has 1 amide bonds. The Labute approximate surface area is 161 Å². The Morgan fingerprint density at radius 1 is 1.15 bits per heavy atom. The van der Waals surface area contributed by atoms with E-state index in [1.807, 2.05) is 23.1 Å². The molecular weight excluding hydrogens is 348 g/mol. The number of halogens is 1. The Morgan fingerprint density at radius 2 is 1.85 bits per heavy atom. The Balaban J connectivity index is 0.00000243. The van der Waals surface area contributed by atoms with E-state index in [4.69, 9.17) is 0 Å². The first-order chi connectivity index (χ1) is 12.0. The molecule has 1 unspecified atom stereocenters. The predicted molar refractivity (Wildman–Crippen MR) is 108 cm³/mol. The molecule has 1 N–H and O–H groups in total. The van der Waals surface area contributed by atoms with E-state index in [2.05, 4.69) is 37.2 Å². The Kier molecular flexibility index (Phi) is 7.06. The number of hydrogen-bond acceptors (Lipinski definition) is 3. The second-order valence-electron chi connectivity index (χ2n) is 7.13. The lowest BCUT2D eigenvalue weighted by atomic mass is 9.91. The van der Waals surface area contributed by atoms with Crippen molar-refractivity contribution >= 4 is 24.0 Å². The van der Waals surface area contributed by atoms with Crippen molar-refractivity contribution in [3.05, 3.63) is 59.7 Å². The van der Waals surface area contributed by atoms with Gasteiger partial charge in [0.2, 0.25) is 5.91 Å². The van der Waals surface area contributed by atoms with Crippen molar-refractivity contribution in [2.75, 3.05) is 32.1 Å². The molecule has 0 saturated heterocycles. The van der Waals surface area contributed by atoms with Gasteiger partial charge in [-0.3, -0.25) is 4.79 Å². The van der Waals surface area contributed by atoms with Crippen LogP contribution in [-0.2, 0) is 17.6 Å². The van der Waals surface area contributed by atoms with Crippen LogP contribution >= 0.6 is 12.4 Å². The number of anilines is 1. The summed E-state index contributed by atoms with van der Waals surface area (Å²) >= 11 is 0. The molecule has 2 aromatic rings. The van der Waals surface area contributed by atoms with Crippen LogP contribution in [0.2, 0.25) is 0 Å². The van der Waals surface area contributed by atoms with Crippen LogP contribution in [-0.4, -0.2) is 43.1 Å². The molecule has 1 aliphatic rings. The van der Waals surface area contributed by atoms with Crippen LogP contribution in [0, 0.1) is 5.92 Å². The second-order valence-corrected chi connectivity index (χ2v) is 7.13. The topological polar surface area (TPSA) is 43.8 Å². The molecule has 0 bridgehead atoms. The van der Waals surface area contributed by atoms with E-state index in [-0.39, 0.29) is 24.1 Å². The minimum atomic E-state index is 0. The zero-order valence-electron chi connectivity index (χ0n) is 15.4. The summed E-state index contributed by atoms with van der Waals surface area (Å²) in [4.78, 5) is 17.1. The number of aromatic hydroxyl groups is 1. The third-order valence-corrected chi connectivity index (χ3v) is 4.72. The lowest BCUT2D eigenvalue weighted by molar-refractivity contribution is -0.118. The maximum absolute atomic E-state index is 12.9. The van der Waals surface area contributed by atoms with Crippen molar-refractivity contribution in [1.82, 2.24) is 4.90 Å². The van der Waals surface area contributed by atoms with Crippen molar-refractivity contribution in [2.24, 2.45) is 5.92 Å². The Hall–Kier alpha value is -2.04. The highest BCUT2D eigenvalue weighted by molar-refractivity contribution is 5.94. The number of amides is 1. The molecule has 5 heteroatoms. The minimum absolute atomic E-state index is 0. The van der Waals surface area contributed by atoms with Gasteiger partial charge in [-0.2, -0.15) is 0 Å². The van der Waals surface area contributed by atoms with E-state index in [1.54, 1.807) is 12.1 Å². The van der Waals surface area contributed by atoms with Crippen LogP contribution in [0.3, 0.4) is 0 Å². The summed E-state index contributed by atoms with van der Waals surface area (Å²) in [5, 5.41) is 9.37. The Bertz CT molecular complexity index is 731. The molecule has 0 fully saturated rings. The van der Waals surface area contributed by atoms with Crippen LogP contribution in [0.15, 0.2) is 48.5 Å². The molecule has 0 saturated carbocycles. The van der Waals surface area contributed by atoms with Gasteiger partial charge >= 0.3 is 0 Å². The lowest BCUT2D eigenvalue weighted by Gasteiger charge is -2.36. The van der Waals surface area contributed by atoms with Crippen LogP contribution in [0.25, 0.3) is 0 Å². The quantitative estimate of drug-likeness (QED) is 0.870. The van der Waals surface area contributed by atoms with E-state index in [0.717, 1.165) is 30.8 Å². The van der Waals surface area contributed by atoms with E-state index in [0.29, 0.717) is 18.8 Å². The molecule has 2 aromatic carbocycles. The molecule has 0 aromatic heterocycles. The molecule has 3 rings (SSSR count). The highest BCUT2D eigenvalue weighted by Gasteiger charge is 2.28. The van der Waals surface area contributed by atoms with Crippen LogP contribution in [0.4, 0.5) is 5.69 Å². The van der Waals surface area contributed by atoms with Crippen molar-refractivity contribution < 1.29 is 9.90 Å². The zero-order valence-corrected chi connectivity index (χ0v) is 16.2. The van der Waals surface area contributed by atoms with Crippen molar-refractivity contribution in [2.45, 2.75) is 19.3 Å². The molecule has 0 spiro atoms. The fourth-order valence-electron chi connectivity index (χ4n) is 3.60. The fraction of sp³-hybridized carbons (Fsp3) is 0.381. The maximum atomic E-state index is 12.9. The molecular formula is C21H27ClN2O2. The summed E-state index contributed by atoms with van der Waals surface area (Å²) in [6.45, 7) is 1.76. The van der Waals surface area contributed by atoms with E-state index >= 15 is 0 Å². The zero-order chi connectivity index (χ0) is 17.8. The molecule has 4 nitrogen and oxygen atoms in total. The van der Waals surface area contributed by atoms with Crippen molar-refractivity contribution in [3.63, 3.8) is 0 Å². The summed E-state index contributed by atoms with van der Waals surface area (Å²) in [7, 11) is 4.16. The molecule has 1 atom stereocenters. The van der Waals surface area contributed by atoms with Gasteiger partial charge in [0.25, 0.3) is 0 Å². The summed E-state index contributed by atoms with van der Waals surface area (Å²) in [6.07, 6.45) is 2.19. The van der Waals surface area contributed by atoms with Gasteiger partial charge in [0.05, 0.1) is 0 Å². The van der Waals surface area contributed by atoms with Crippen molar-refractivity contribution in [3.8, 4) is 5.75 Å². The summed E-state index contributed by atoms with van der Waals surface area (Å²) in [5.41, 5.74) is 3.40. The highest BCUT2D eigenvalue weighted by Crippen LogP contribution is 2.30. The summed E-state index contributed by atoms with van der Waals surface area (Å²) in [5.74, 6) is 0.887. The van der Waals surface area contributed by atoms with Crippen LogP contribution in [0.1, 0.15) is 17.5 Å². The van der Waals surface area contributed by atoms with E-state index in [1.165, 1.54) is 5.56 Å². The normalized spacial score (nSPS) is 16.1. The Morgan fingerprint density at radius 3 is 2.54 bits per heavy atom. The van der Waals surface area contributed by atoms with Gasteiger partial charge in [0.1, 0.15) is 5.75 Å². The van der Waals surface area contributed by atoms with Gasteiger partial charge in [-0.05, 0) is 62.2 Å². The number of phenolic OH excluding ortho intramolecular Hbond substituents is 1. The standard InChI is InChI=1S/C21H26N2O2.ClH/c1-22(2)14-17-13-18-5-3-4-6-20(18)23(15-17)21(25)12-9-16-7-10-19(24)11-8-16;/h3-8,10-11,17,24H,9,12-15H2,1-2H3;1H. The van der Waals surface area contributed by atoms with E-state index in [9.17, 15) is 9.90 Å². The van der Waals surface area contributed by atoms with Gasteiger partial charge in [-0.15, -0.1) is 12.4 Å². The van der Waals surface area contributed by atoms with Crippen LogP contribution in [0.5, 0.6) is 5.75 Å². The monoisotopic (exact) mass is 374 g/mol. The summed E-state index contributed by atoms with van der Waals surface area (Å²) < 4.78 is 0. The number of aryl methyl sites for hydroxylation is 1. The van der Waals surface area contributed by atoms with Gasteiger partial charge in [-0.25, -0.2) is 0 Å². The number of carbonyl (C=O) groups excluding carboxylic acids is 1. The SMILES string of the molecule is CN(C)CC1Cc2ccccc2N(C(=O)CCc2ccc(O)cc2)C1.Cl. The van der Waals surface area contributed by atoms with Crippen LogP contribution < -0.4 is 4.90 Å². The number of carbonyl (C=O) groups is 1. The number of nitrogens with zero attached hydrogens (tertiary/aromatic N) is 2. The fourth-order valence-corrected chi connectivity index (χ4v) is 3.60. The molecule has 1 heterocycles. The number of rotatable bonds is 5. The molecule has 26 heavy (non-hydrogen) atoms.